The average molecular weight is 355 g/mol. The molecule has 1 N–H and O–H groups in total. The van der Waals surface area contributed by atoms with Crippen molar-refractivity contribution in [3.05, 3.63) is 54.0 Å². The summed E-state index contributed by atoms with van der Waals surface area (Å²) in [6.45, 7) is 3.55. The first-order valence-electron chi connectivity index (χ1n) is 8.93. The van der Waals surface area contributed by atoms with Crippen LogP contribution in [-0.2, 0) is 4.79 Å². The fourth-order valence-corrected chi connectivity index (χ4v) is 3.19. The first-order valence-corrected chi connectivity index (χ1v) is 8.93. The van der Waals surface area contributed by atoms with Crippen molar-refractivity contribution in [1.82, 2.24) is 9.80 Å². The zero-order valence-corrected chi connectivity index (χ0v) is 15.3. The first kappa shape index (κ1) is 18.0. The number of likely N-dealkylation sites (N-methyl/N-ethyl adjacent to an activating group) is 1. The molecule has 0 aliphatic carbocycles. The van der Waals surface area contributed by atoms with Gasteiger partial charge in [0.15, 0.2) is 5.76 Å². The average Bonchev–Trinajstić information content (AvgIpc) is 3.18. The van der Waals surface area contributed by atoms with Crippen LogP contribution in [0.1, 0.15) is 29.0 Å². The van der Waals surface area contributed by atoms with E-state index in [1.807, 2.05) is 17.0 Å². The van der Waals surface area contributed by atoms with Crippen LogP contribution in [0, 0.1) is 6.92 Å². The molecule has 0 atom stereocenters. The molecule has 138 valence electrons. The normalized spacial score (nSPS) is 14.9. The van der Waals surface area contributed by atoms with Crippen molar-refractivity contribution < 1.29 is 14.0 Å². The van der Waals surface area contributed by atoms with E-state index in [0.717, 1.165) is 18.5 Å². The quantitative estimate of drug-likeness (QED) is 0.896. The summed E-state index contributed by atoms with van der Waals surface area (Å²) in [5.41, 5.74) is 2.38. The Morgan fingerprint density at radius 2 is 1.92 bits per heavy atom. The highest BCUT2D eigenvalue weighted by Gasteiger charge is 2.25. The fourth-order valence-electron chi connectivity index (χ4n) is 3.19. The SMILES string of the molecule is Cc1ccccc1NC1CCN(C(=O)CN(C)C(=O)c2ccco2)CC1. The van der Waals surface area contributed by atoms with Gasteiger partial charge in [-0.1, -0.05) is 18.2 Å². The lowest BCUT2D eigenvalue weighted by Crippen LogP contribution is -2.46. The Labute approximate surface area is 153 Å². The Bertz CT molecular complexity index is 749. The summed E-state index contributed by atoms with van der Waals surface area (Å²) < 4.78 is 5.10. The number of carbonyl (C=O) groups excluding carboxylic acids is 2. The maximum Gasteiger partial charge on any atom is 0.289 e. The number of hydrogen-bond acceptors (Lipinski definition) is 4. The Balaban J connectivity index is 1.47. The molecule has 1 aromatic carbocycles. The van der Waals surface area contributed by atoms with Gasteiger partial charge in [-0.2, -0.15) is 0 Å². The van der Waals surface area contributed by atoms with Gasteiger partial charge in [-0.3, -0.25) is 9.59 Å². The van der Waals surface area contributed by atoms with E-state index < -0.39 is 0 Å². The molecule has 0 bridgehead atoms. The van der Waals surface area contributed by atoms with E-state index in [9.17, 15) is 9.59 Å². The lowest BCUT2D eigenvalue weighted by molar-refractivity contribution is -0.132. The predicted octanol–water partition coefficient (Wildman–Crippen LogP) is 2.76. The molecule has 0 radical (unpaired) electrons. The topological polar surface area (TPSA) is 65.8 Å². The predicted molar refractivity (Wildman–Crippen MR) is 100 cm³/mol. The van der Waals surface area contributed by atoms with Gasteiger partial charge in [0.05, 0.1) is 12.8 Å². The number of carbonyl (C=O) groups is 2. The first-order chi connectivity index (χ1) is 12.5. The highest BCUT2D eigenvalue weighted by atomic mass is 16.3. The van der Waals surface area contributed by atoms with Crippen molar-refractivity contribution in [2.45, 2.75) is 25.8 Å². The Hall–Kier alpha value is -2.76. The highest BCUT2D eigenvalue weighted by molar-refractivity contribution is 5.94. The second-order valence-electron chi connectivity index (χ2n) is 6.75. The third-order valence-electron chi connectivity index (χ3n) is 4.80. The highest BCUT2D eigenvalue weighted by Crippen LogP contribution is 2.19. The minimum absolute atomic E-state index is 0.0262. The monoisotopic (exact) mass is 355 g/mol. The number of nitrogens with zero attached hydrogens (tertiary/aromatic N) is 2. The summed E-state index contributed by atoms with van der Waals surface area (Å²) >= 11 is 0. The van der Waals surface area contributed by atoms with Crippen molar-refractivity contribution in [2.24, 2.45) is 0 Å². The molecule has 1 aromatic heterocycles. The van der Waals surface area contributed by atoms with Crippen molar-refractivity contribution in [2.75, 3.05) is 32.0 Å². The van der Waals surface area contributed by atoms with Gasteiger partial charge in [-0.05, 0) is 43.5 Å². The van der Waals surface area contributed by atoms with E-state index in [2.05, 4.69) is 24.4 Å². The Kier molecular flexibility index (Phi) is 5.61. The molecule has 26 heavy (non-hydrogen) atoms. The summed E-state index contributed by atoms with van der Waals surface area (Å²) in [4.78, 5) is 27.9. The van der Waals surface area contributed by atoms with Crippen LogP contribution in [0.3, 0.4) is 0 Å². The lowest BCUT2D eigenvalue weighted by atomic mass is 10.0. The maximum atomic E-state index is 12.5. The second-order valence-corrected chi connectivity index (χ2v) is 6.75. The number of piperidine rings is 1. The third kappa shape index (κ3) is 4.25. The largest absolute Gasteiger partial charge is 0.459 e. The number of rotatable bonds is 5. The zero-order chi connectivity index (χ0) is 18.5. The van der Waals surface area contributed by atoms with Crippen LogP contribution in [0.15, 0.2) is 47.1 Å². The van der Waals surface area contributed by atoms with Gasteiger partial charge < -0.3 is 19.5 Å². The zero-order valence-electron chi connectivity index (χ0n) is 15.3. The van der Waals surface area contributed by atoms with Gasteiger partial charge in [0.25, 0.3) is 5.91 Å². The summed E-state index contributed by atoms with van der Waals surface area (Å²) in [5, 5.41) is 3.57. The molecule has 1 fully saturated rings. The number of furan rings is 1. The number of amides is 2. The molecule has 6 nitrogen and oxygen atoms in total. The van der Waals surface area contributed by atoms with Crippen molar-refractivity contribution in [1.29, 1.82) is 0 Å². The van der Waals surface area contributed by atoms with E-state index in [1.165, 1.54) is 16.7 Å². The summed E-state index contributed by atoms with van der Waals surface area (Å²) in [6, 6.07) is 11.9. The van der Waals surface area contributed by atoms with Crippen LogP contribution in [0.5, 0.6) is 0 Å². The van der Waals surface area contributed by atoms with E-state index in [0.29, 0.717) is 19.1 Å². The van der Waals surface area contributed by atoms with Crippen LogP contribution in [0.4, 0.5) is 5.69 Å². The van der Waals surface area contributed by atoms with Crippen LogP contribution in [-0.4, -0.2) is 54.3 Å². The van der Waals surface area contributed by atoms with Gasteiger partial charge in [0.2, 0.25) is 5.91 Å². The molecule has 0 spiro atoms. The molecule has 1 aliphatic rings. The standard InChI is InChI=1S/C20H25N3O3/c1-15-6-3-4-7-17(15)21-16-9-11-23(12-10-16)19(24)14-22(2)20(25)18-8-5-13-26-18/h3-8,13,16,21H,9-12,14H2,1-2H3. The molecular formula is C20H25N3O3. The minimum atomic E-state index is -0.278. The van der Waals surface area contributed by atoms with Gasteiger partial charge in [-0.25, -0.2) is 0 Å². The Morgan fingerprint density at radius 3 is 2.58 bits per heavy atom. The lowest BCUT2D eigenvalue weighted by Gasteiger charge is -2.34. The summed E-state index contributed by atoms with van der Waals surface area (Å²) in [5.74, 6) is -0.0531. The van der Waals surface area contributed by atoms with Crippen LogP contribution in [0.2, 0.25) is 0 Å². The number of anilines is 1. The van der Waals surface area contributed by atoms with Crippen molar-refractivity contribution in [3.63, 3.8) is 0 Å². The fraction of sp³-hybridized carbons (Fsp3) is 0.400. The second kappa shape index (κ2) is 8.08. The smallest absolute Gasteiger partial charge is 0.289 e. The molecule has 2 amide bonds. The number of para-hydroxylation sites is 1. The van der Waals surface area contributed by atoms with Crippen LogP contribution >= 0.6 is 0 Å². The number of nitrogens with one attached hydrogen (secondary N) is 1. The molecule has 2 aromatic rings. The summed E-state index contributed by atoms with van der Waals surface area (Å²) in [6.07, 6.45) is 3.25. The number of aryl methyl sites for hydroxylation is 1. The Morgan fingerprint density at radius 1 is 1.19 bits per heavy atom. The molecule has 1 aliphatic heterocycles. The van der Waals surface area contributed by atoms with E-state index in [4.69, 9.17) is 4.42 Å². The molecular weight excluding hydrogens is 330 g/mol. The molecule has 1 saturated heterocycles. The molecule has 0 saturated carbocycles. The summed E-state index contributed by atoms with van der Waals surface area (Å²) in [7, 11) is 1.62. The van der Waals surface area contributed by atoms with E-state index in [-0.39, 0.29) is 24.1 Å². The van der Waals surface area contributed by atoms with Crippen molar-refractivity contribution in [3.8, 4) is 0 Å². The number of hydrogen-bond donors (Lipinski definition) is 1. The third-order valence-corrected chi connectivity index (χ3v) is 4.80. The number of benzene rings is 1. The van der Waals surface area contributed by atoms with E-state index >= 15 is 0 Å². The van der Waals surface area contributed by atoms with Gasteiger partial charge in [0, 0.05) is 31.9 Å². The van der Waals surface area contributed by atoms with Gasteiger partial charge >= 0.3 is 0 Å². The van der Waals surface area contributed by atoms with Crippen molar-refractivity contribution >= 4 is 17.5 Å². The molecule has 6 heteroatoms. The van der Waals surface area contributed by atoms with Gasteiger partial charge in [0.1, 0.15) is 0 Å². The van der Waals surface area contributed by atoms with Crippen LogP contribution < -0.4 is 5.32 Å². The minimum Gasteiger partial charge on any atom is -0.459 e. The molecule has 0 unspecified atom stereocenters. The van der Waals surface area contributed by atoms with Gasteiger partial charge in [-0.15, -0.1) is 0 Å². The van der Waals surface area contributed by atoms with Crippen LogP contribution in [0.25, 0.3) is 0 Å². The molecule has 3 rings (SSSR count). The maximum absolute atomic E-state index is 12.5. The molecule has 2 heterocycles. The number of likely N-dealkylation sites (tertiary alicyclic amines) is 1. The van der Waals surface area contributed by atoms with E-state index in [1.54, 1.807) is 19.2 Å².